The maximum absolute atomic E-state index is 12.8. The van der Waals surface area contributed by atoms with Gasteiger partial charge in [-0.05, 0) is 56.0 Å². The van der Waals surface area contributed by atoms with E-state index >= 15 is 0 Å². The van der Waals surface area contributed by atoms with Crippen molar-refractivity contribution in [3.63, 3.8) is 0 Å². The number of rotatable bonds is 9. The monoisotopic (exact) mass is 467 g/mol. The Labute approximate surface area is 198 Å². The van der Waals surface area contributed by atoms with Gasteiger partial charge in [0.15, 0.2) is 11.5 Å². The quantitative estimate of drug-likeness (QED) is 0.403. The lowest BCUT2D eigenvalue weighted by atomic mass is 9.97. The van der Waals surface area contributed by atoms with E-state index in [9.17, 15) is 9.59 Å². The number of amides is 1. The van der Waals surface area contributed by atoms with Crippen molar-refractivity contribution in [2.45, 2.75) is 33.6 Å². The van der Waals surface area contributed by atoms with E-state index in [1.165, 1.54) is 11.3 Å². The van der Waals surface area contributed by atoms with Gasteiger partial charge in [0, 0.05) is 17.4 Å². The van der Waals surface area contributed by atoms with Crippen LogP contribution in [0, 0.1) is 13.8 Å². The number of esters is 1. The highest BCUT2D eigenvalue weighted by Crippen LogP contribution is 2.38. The Hall–Kier alpha value is -3.32. The topological polar surface area (TPSA) is 73.9 Å². The summed E-state index contributed by atoms with van der Waals surface area (Å²) in [6.45, 7) is 6.06. The van der Waals surface area contributed by atoms with Crippen molar-refractivity contribution in [3.8, 4) is 22.6 Å². The first-order valence-corrected chi connectivity index (χ1v) is 11.6. The van der Waals surface area contributed by atoms with Gasteiger partial charge in [0.1, 0.15) is 10.6 Å². The van der Waals surface area contributed by atoms with Crippen molar-refractivity contribution in [2.24, 2.45) is 0 Å². The van der Waals surface area contributed by atoms with Crippen LogP contribution in [0.25, 0.3) is 11.1 Å². The van der Waals surface area contributed by atoms with Gasteiger partial charge in [-0.3, -0.25) is 4.79 Å². The van der Waals surface area contributed by atoms with Gasteiger partial charge in [-0.2, -0.15) is 0 Å². The van der Waals surface area contributed by atoms with E-state index in [-0.39, 0.29) is 18.9 Å². The van der Waals surface area contributed by atoms with Crippen LogP contribution in [0.1, 0.15) is 40.4 Å². The third-order valence-electron chi connectivity index (χ3n) is 5.28. The van der Waals surface area contributed by atoms with Crippen molar-refractivity contribution in [1.82, 2.24) is 0 Å². The Balaban J connectivity index is 1.80. The summed E-state index contributed by atoms with van der Waals surface area (Å²) < 4.78 is 15.9. The van der Waals surface area contributed by atoms with Gasteiger partial charge >= 0.3 is 5.97 Å². The summed E-state index contributed by atoms with van der Waals surface area (Å²) in [5.41, 5.74) is 5.28. The number of carbonyl (C=O) groups is 2. The van der Waals surface area contributed by atoms with Gasteiger partial charge in [0.25, 0.3) is 0 Å². The van der Waals surface area contributed by atoms with E-state index in [0.29, 0.717) is 28.5 Å². The third-order valence-corrected chi connectivity index (χ3v) is 6.18. The molecule has 0 saturated heterocycles. The first kappa shape index (κ1) is 24.3. The Bertz CT molecular complexity index is 1150. The van der Waals surface area contributed by atoms with Gasteiger partial charge in [0.2, 0.25) is 5.91 Å². The van der Waals surface area contributed by atoms with Crippen molar-refractivity contribution < 1.29 is 23.8 Å². The van der Waals surface area contributed by atoms with Crippen molar-refractivity contribution in [3.05, 3.63) is 64.0 Å². The fourth-order valence-electron chi connectivity index (χ4n) is 3.65. The number of methoxy groups -OCH3 is 2. The lowest BCUT2D eigenvalue weighted by Gasteiger charge is -2.11. The minimum absolute atomic E-state index is 0.177. The molecule has 0 atom stereocenters. The molecule has 3 aromatic rings. The molecule has 1 aromatic heterocycles. The molecule has 174 valence electrons. The molecule has 1 N–H and O–H groups in total. The summed E-state index contributed by atoms with van der Waals surface area (Å²) in [6.07, 6.45) is 0.783. The molecule has 0 saturated carbocycles. The Morgan fingerprint density at radius 2 is 1.73 bits per heavy atom. The number of hydrogen-bond donors (Lipinski definition) is 1. The van der Waals surface area contributed by atoms with Crippen LogP contribution in [0.3, 0.4) is 0 Å². The maximum Gasteiger partial charge on any atom is 0.341 e. The number of anilines is 1. The minimum Gasteiger partial charge on any atom is -0.493 e. The number of benzene rings is 2. The number of aryl methyl sites for hydroxylation is 3. The first-order chi connectivity index (χ1) is 15.9. The summed E-state index contributed by atoms with van der Waals surface area (Å²) in [5, 5.41) is 5.31. The van der Waals surface area contributed by atoms with Gasteiger partial charge in [-0.25, -0.2) is 4.79 Å². The summed E-state index contributed by atoms with van der Waals surface area (Å²) in [4.78, 5) is 25.5. The smallest absolute Gasteiger partial charge is 0.341 e. The molecule has 0 bridgehead atoms. The summed E-state index contributed by atoms with van der Waals surface area (Å²) in [7, 11) is 3.16. The number of ether oxygens (including phenoxy) is 3. The summed E-state index contributed by atoms with van der Waals surface area (Å²) >= 11 is 1.33. The summed E-state index contributed by atoms with van der Waals surface area (Å²) in [5.74, 6) is 0.645. The Kier molecular flexibility index (Phi) is 8.11. The normalized spacial score (nSPS) is 10.6. The van der Waals surface area contributed by atoms with E-state index in [0.717, 1.165) is 27.8 Å². The van der Waals surface area contributed by atoms with E-state index in [1.807, 2.05) is 49.6 Å². The molecule has 1 amide bonds. The molecule has 0 unspecified atom stereocenters. The molecule has 0 radical (unpaired) electrons. The number of nitrogens with one attached hydrogen (secondary N) is 1. The lowest BCUT2D eigenvalue weighted by molar-refractivity contribution is -0.116. The van der Waals surface area contributed by atoms with Crippen LogP contribution in [0.15, 0.2) is 41.8 Å². The van der Waals surface area contributed by atoms with E-state index in [4.69, 9.17) is 14.2 Å². The fourth-order valence-corrected chi connectivity index (χ4v) is 4.62. The summed E-state index contributed by atoms with van der Waals surface area (Å²) in [6, 6.07) is 11.7. The molecule has 0 fully saturated rings. The van der Waals surface area contributed by atoms with E-state index in [1.54, 1.807) is 21.1 Å². The molecule has 3 rings (SSSR count). The molecule has 7 heteroatoms. The maximum atomic E-state index is 12.8. The first-order valence-electron chi connectivity index (χ1n) is 10.7. The van der Waals surface area contributed by atoms with Crippen LogP contribution in [0.2, 0.25) is 0 Å². The molecule has 0 aliphatic rings. The van der Waals surface area contributed by atoms with Crippen molar-refractivity contribution in [1.29, 1.82) is 0 Å². The fraction of sp³-hybridized carbons (Fsp3) is 0.308. The zero-order chi connectivity index (χ0) is 24.0. The Morgan fingerprint density at radius 3 is 2.39 bits per heavy atom. The van der Waals surface area contributed by atoms with Crippen LogP contribution in [-0.2, 0) is 16.0 Å². The zero-order valence-electron chi connectivity index (χ0n) is 19.6. The predicted octanol–water partition coefficient (Wildman–Crippen LogP) is 5.80. The van der Waals surface area contributed by atoms with Gasteiger partial charge in [0.05, 0.1) is 20.8 Å². The highest BCUT2D eigenvalue weighted by molar-refractivity contribution is 7.15. The van der Waals surface area contributed by atoms with Crippen LogP contribution >= 0.6 is 11.3 Å². The van der Waals surface area contributed by atoms with Crippen molar-refractivity contribution >= 4 is 28.2 Å². The van der Waals surface area contributed by atoms with Crippen molar-refractivity contribution in [2.75, 3.05) is 26.1 Å². The van der Waals surface area contributed by atoms with E-state index < -0.39 is 5.97 Å². The predicted molar refractivity (Wildman–Crippen MR) is 132 cm³/mol. The molecule has 1 heterocycles. The zero-order valence-corrected chi connectivity index (χ0v) is 20.4. The third kappa shape index (κ3) is 5.73. The molecule has 6 nitrogen and oxygen atoms in total. The van der Waals surface area contributed by atoms with Crippen LogP contribution < -0.4 is 14.8 Å². The molecule has 2 aromatic carbocycles. The molecular weight excluding hydrogens is 438 g/mol. The number of thiophene rings is 1. The van der Waals surface area contributed by atoms with E-state index in [2.05, 4.69) is 11.4 Å². The molecule has 0 aliphatic heterocycles. The van der Waals surface area contributed by atoms with Gasteiger partial charge in [-0.1, -0.05) is 29.8 Å². The Morgan fingerprint density at radius 1 is 0.970 bits per heavy atom. The lowest BCUT2D eigenvalue weighted by Crippen LogP contribution is -2.15. The molecule has 33 heavy (non-hydrogen) atoms. The second-order valence-corrected chi connectivity index (χ2v) is 8.51. The largest absolute Gasteiger partial charge is 0.493 e. The number of hydrogen-bond acceptors (Lipinski definition) is 6. The molecule has 0 spiro atoms. The van der Waals surface area contributed by atoms with Gasteiger partial charge < -0.3 is 19.5 Å². The molecular formula is C26H29NO5S. The van der Waals surface area contributed by atoms with Crippen LogP contribution in [0.4, 0.5) is 5.00 Å². The van der Waals surface area contributed by atoms with Gasteiger partial charge in [-0.15, -0.1) is 11.3 Å². The average Bonchev–Trinajstić information content (AvgIpc) is 3.20. The molecule has 0 aliphatic carbocycles. The van der Waals surface area contributed by atoms with Crippen LogP contribution in [0.5, 0.6) is 11.5 Å². The SMILES string of the molecule is CCOC(=O)c1c(-c2ccc(C)cc2C)csc1NC(=O)CCc1ccc(OC)c(OC)c1. The minimum atomic E-state index is -0.441. The number of carbonyl (C=O) groups excluding carboxylic acids is 2. The second-order valence-electron chi connectivity index (χ2n) is 7.63. The second kappa shape index (κ2) is 11.0. The average molecular weight is 468 g/mol. The van der Waals surface area contributed by atoms with Crippen LogP contribution in [-0.4, -0.2) is 32.7 Å². The standard InChI is InChI=1S/C26H29NO5S/c1-6-32-26(29)24-20(19-10-7-16(2)13-17(19)3)15-33-25(24)27-23(28)12-9-18-8-11-21(30-4)22(14-18)31-5/h7-8,10-11,13-15H,6,9,12H2,1-5H3,(H,27,28). The highest BCUT2D eigenvalue weighted by Gasteiger charge is 2.23. The highest BCUT2D eigenvalue weighted by atomic mass is 32.1.